The van der Waals surface area contributed by atoms with Crippen molar-refractivity contribution < 1.29 is 12.8 Å². The van der Waals surface area contributed by atoms with Gasteiger partial charge in [-0.3, -0.25) is 0 Å². The summed E-state index contributed by atoms with van der Waals surface area (Å²) in [6.07, 6.45) is 0. The van der Waals surface area contributed by atoms with Crippen LogP contribution in [0.25, 0.3) is 11.5 Å². The van der Waals surface area contributed by atoms with Gasteiger partial charge in [0.15, 0.2) is 0 Å². The van der Waals surface area contributed by atoms with Gasteiger partial charge >= 0.3 is 0 Å². The quantitative estimate of drug-likeness (QED) is 0.446. The predicted molar refractivity (Wildman–Crippen MR) is 113 cm³/mol. The second kappa shape index (κ2) is 8.11. The van der Waals surface area contributed by atoms with E-state index in [0.717, 1.165) is 5.56 Å². The topological polar surface area (TPSA) is 72.2 Å². The summed E-state index contributed by atoms with van der Waals surface area (Å²) in [6, 6.07) is 24.6. The Labute approximate surface area is 173 Å². The van der Waals surface area contributed by atoms with Gasteiger partial charge in [0.05, 0.1) is 4.90 Å². The second-order valence-corrected chi connectivity index (χ2v) is 8.62. The average molecular weight is 425 g/mol. The van der Waals surface area contributed by atoms with Gasteiger partial charge in [-0.1, -0.05) is 60.1 Å². The largest absolute Gasteiger partial charge is 0.419 e. The fourth-order valence-corrected chi connectivity index (χ4v) is 4.23. The summed E-state index contributed by atoms with van der Waals surface area (Å²) in [4.78, 5) is 4.47. The Morgan fingerprint density at radius 3 is 2.14 bits per heavy atom. The Balaban J connectivity index is 1.74. The fourth-order valence-electron chi connectivity index (χ4n) is 2.80. The van der Waals surface area contributed by atoms with Crippen molar-refractivity contribution in [2.75, 3.05) is 5.32 Å². The minimum atomic E-state index is -3.86. The Morgan fingerprint density at radius 1 is 0.862 bits per heavy atom. The summed E-state index contributed by atoms with van der Waals surface area (Å²) in [7, 11) is -3.86. The summed E-state index contributed by atoms with van der Waals surface area (Å²) < 4.78 is 32.2. The molecule has 0 saturated heterocycles. The molecule has 0 aliphatic carbocycles. The van der Waals surface area contributed by atoms with Crippen molar-refractivity contribution in [1.29, 1.82) is 0 Å². The van der Waals surface area contributed by atoms with Crippen LogP contribution in [0.1, 0.15) is 5.56 Å². The minimum absolute atomic E-state index is 0.0997. The molecule has 0 amide bonds. The van der Waals surface area contributed by atoms with E-state index in [1.165, 1.54) is 12.1 Å². The van der Waals surface area contributed by atoms with Gasteiger partial charge < -0.3 is 9.73 Å². The molecule has 0 atom stereocenters. The lowest BCUT2D eigenvalue weighted by Gasteiger charge is -2.06. The van der Waals surface area contributed by atoms with E-state index in [0.29, 0.717) is 17.1 Å². The van der Waals surface area contributed by atoms with Crippen LogP contribution in [0.3, 0.4) is 0 Å². The van der Waals surface area contributed by atoms with Gasteiger partial charge in [-0.2, -0.15) is 4.98 Å². The van der Waals surface area contributed by atoms with Crippen LogP contribution in [0.15, 0.2) is 99.3 Å². The van der Waals surface area contributed by atoms with Gasteiger partial charge in [0.2, 0.25) is 26.6 Å². The third-order valence-corrected chi connectivity index (χ3v) is 6.22. The minimum Gasteiger partial charge on any atom is -0.419 e. The second-order valence-electron chi connectivity index (χ2n) is 6.32. The highest BCUT2D eigenvalue weighted by Gasteiger charge is 2.28. The van der Waals surface area contributed by atoms with Crippen LogP contribution in [0.2, 0.25) is 5.02 Å². The number of oxazole rings is 1. The molecule has 3 aromatic carbocycles. The summed E-state index contributed by atoms with van der Waals surface area (Å²) in [6.45, 7) is 0.359. The molecule has 0 bridgehead atoms. The maximum absolute atomic E-state index is 13.2. The highest BCUT2D eigenvalue weighted by Crippen LogP contribution is 2.32. The van der Waals surface area contributed by atoms with Crippen molar-refractivity contribution in [1.82, 2.24) is 4.98 Å². The number of rotatable bonds is 6. The van der Waals surface area contributed by atoms with E-state index in [1.54, 1.807) is 30.3 Å². The molecule has 29 heavy (non-hydrogen) atoms. The third-order valence-electron chi connectivity index (χ3n) is 4.29. The lowest BCUT2D eigenvalue weighted by molar-refractivity contribution is 0.576. The van der Waals surface area contributed by atoms with Crippen LogP contribution >= 0.6 is 11.6 Å². The number of sulfone groups is 1. The molecule has 0 unspecified atom stereocenters. The van der Waals surface area contributed by atoms with E-state index in [-0.39, 0.29) is 21.7 Å². The first kappa shape index (κ1) is 19.2. The van der Waals surface area contributed by atoms with Crippen LogP contribution in [0, 0.1) is 0 Å². The molecule has 7 heteroatoms. The number of hydrogen-bond acceptors (Lipinski definition) is 5. The number of nitrogens with one attached hydrogen (secondary N) is 1. The molecule has 1 heterocycles. The molecule has 1 N–H and O–H groups in total. The molecule has 0 saturated carbocycles. The molecule has 0 aliphatic heterocycles. The zero-order chi connectivity index (χ0) is 20.3. The van der Waals surface area contributed by atoms with Gasteiger partial charge in [-0.15, -0.1) is 0 Å². The van der Waals surface area contributed by atoms with Crippen molar-refractivity contribution in [3.63, 3.8) is 0 Å². The Morgan fingerprint density at radius 2 is 1.48 bits per heavy atom. The normalized spacial score (nSPS) is 11.3. The SMILES string of the molecule is O=S(=O)(c1ccccc1)c1nc(-c2ccccc2)oc1NCc1ccc(Cl)cc1. The van der Waals surface area contributed by atoms with E-state index in [9.17, 15) is 8.42 Å². The van der Waals surface area contributed by atoms with Crippen LogP contribution in [-0.2, 0) is 16.4 Å². The van der Waals surface area contributed by atoms with Crippen molar-refractivity contribution in [3.05, 3.63) is 95.5 Å². The highest BCUT2D eigenvalue weighted by atomic mass is 35.5. The van der Waals surface area contributed by atoms with Crippen molar-refractivity contribution in [2.24, 2.45) is 0 Å². The Hall–Kier alpha value is -3.09. The summed E-state index contributed by atoms with van der Waals surface area (Å²) in [5.41, 5.74) is 1.62. The van der Waals surface area contributed by atoms with E-state index in [4.69, 9.17) is 16.0 Å². The van der Waals surface area contributed by atoms with E-state index < -0.39 is 9.84 Å². The van der Waals surface area contributed by atoms with Crippen molar-refractivity contribution in [2.45, 2.75) is 16.5 Å². The molecule has 0 fully saturated rings. The molecule has 0 spiro atoms. The highest BCUT2D eigenvalue weighted by molar-refractivity contribution is 7.91. The number of anilines is 1. The zero-order valence-electron chi connectivity index (χ0n) is 15.2. The van der Waals surface area contributed by atoms with Crippen molar-refractivity contribution in [3.8, 4) is 11.5 Å². The number of aromatic nitrogens is 1. The summed E-state index contributed by atoms with van der Waals surface area (Å²) in [5, 5.41) is 3.55. The van der Waals surface area contributed by atoms with Gasteiger partial charge in [0.25, 0.3) is 0 Å². The molecule has 0 aliphatic rings. The van der Waals surface area contributed by atoms with Gasteiger partial charge in [0.1, 0.15) is 0 Å². The predicted octanol–water partition coefficient (Wildman–Crippen LogP) is 5.44. The van der Waals surface area contributed by atoms with Crippen LogP contribution in [-0.4, -0.2) is 13.4 Å². The third kappa shape index (κ3) is 4.18. The van der Waals surface area contributed by atoms with Crippen LogP contribution in [0.4, 0.5) is 5.88 Å². The maximum Gasteiger partial charge on any atom is 0.234 e. The first-order valence-electron chi connectivity index (χ1n) is 8.89. The lowest BCUT2D eigenvalue weighted by Crippen LogP contribution is -2.07. The molecule has 146 valence electrons. The van der Waals surface area contributed by atoms with Crippen LogP contribution < -0.4 is 5.32 Å². The number of halogens is 1. The molecular formula is C22H17ClN2O3S. The molecule has 1 aromatic heterocycles. The Bertz CT molecular complexity index is 1210. The molecule has 4 aromatic rings. The van der Waals surface area contributed by atoms with E-state index in [1.807, 2.05) is 42.5 Å². The maximum atomic E-state index is 13.2. The fraction of sp³-hybridized carbons (Fsp3) is 0.0455. The first-order valence-corrected chi connectivity index (χ1v) is 10.7. The zero-order valence-corrected chi connectivity index (χ0v) is 16.8. The van der Waals surface area contributed by atoms with Crippen LogP contribution in [0.5, 0.6) is 0 Å². The molecule has 5 nitrogen and oxygen atoms in total. The molecular weight excluding hydrogens is 408 g/mol. The summed E-state index contributed by atoms with van der Waals surface area (Å²) in [5.74, 6) is 0.335. The molecule has 4 rings (SSSR count). The number of nitrogens with zero attached hydrogens (tertiary/aromatic N) is 1. The average Bonchev–Trinajstić information content (AvgIpc) is 3.20. The van der Waals surface area contributed by atoms with Gasteiger partial charge in [-0.05, 0) is 42.0 Å². The standard InChI is InChI=1S/C22H17ClN2O3S/c23-18-13-11-16(12-14-18)15-24-21-22(29(26,27)19-9-5-2-6-10-19)25-20(28-21)17-7-3-1-4-8-17/h1-14,24H,15H2. The van der Waals surface area contributed by atoms with Gasteiger partial charge in [0, 0.05) is 17.1 Å². The molecule has 0 radical (unpaired) electrons. The number of hydrogen-bond donors (Lipinski definition) is 1. The van der Waals surface area contributed by atoms with E-state index in [2.05, 4.69) is 10.3 Å². The summed E-state index contributed by atoms with van der Waals surface area (Å²) >= 11 is 5.92. The number of benzene rings is 3. The van der Waals surface area contributed by atoms with Crippen molar-refractivity contribution >= 4 is 27.3 Å². The monoisotopic (exact) mass is 424 g/mol. The first-order chi connectivity index (χ1) is 14.0. The smallest absolute Gasteiger partial charge is 0.234 e. The van der Waals surface area contributed by atoms with Gasteiger partial charge in [-0.25, -0.2) is 8.42 Å². The Kier molecular flexibility index (Phi) is 5.38. The lowest BCUT2D eigenvalue weighted by atomic mass is 10.2. The van der Waals surface area contributed by atoms with E-state index >= 15 is 0 Å².